The third-order valence-corrected chi connectivity index (χ3v) is 7.37. The van der Waals surface area contributed by atoms with Crippen LogP contribution in [-0.4, -0.2) is 78.0 Å². The van der Waals surface area contributed by atoms with Crippen LogP contribution in [0.2, 0.25) is 0 Å². The first-order valence-electron chi connectivity index (χ1n) is 12.1. The maximum absolute atomic E-state index is 14.1. The largest absolute Gasteiger partial charge is 0.463 e. The molecule has 10 heteroatoms. The number of thiophene rings is 1. The van der Waals surface area contributed by atoms with Crippen molar-refractivity contribution in [1.82, 2.24) is 20.0 Å². The van der Waals surface area contributed by atoms with E-state index in [1.165, 1.54) is 28.4 Å². The summed E-state index contributed by atoms with van der Waals surface area (Å²) in [6.45, 7) is 8.12. The Kier molecular flexibility index (Phi) is 8.05. The van der Waals surface area contributed by atoms with Gasteiger partial charge in [-0.15, -0.1) is 11.3 Å². The highest BCUT2D eigenvalue weighted by Crippen LogP contribution is 2.32. The lowest BCUT2D eigenvalue weighted by Gasteiger charge is -2.42. The van der Waals surface area contributed by atoms with Gasteiger partial charge in [0.1, 0.15) is 5.82 Å². The van der Waals surface area contributed by atoms with E-state index in [1.54, 1.807) is 19.1 Å². The van der Waals surface area contributed by atoms with Gasteiger partial charge in [0.05, 0.1) is 23.1 Å². The molecular weight excluding hydrogens is 483 g/mol. The molecule has 1 fully saturated rings. The van der Waals surface area contributed by atoms with E-state index in [2.05, 4.69) is 10.2 Å². The summed E-state index contributed by atoms with van der Waals surface area (Å²) in [4.78, 5) is 45.4. The van der Waals surface area contributed by atoms with E-state index in [4.69, 9.17) is 4.74 Å². The summed E-state index contributed by atoms with van der Waals surface area (Å²) >= 11 is 1.43. The number of carbonyl (C=O) groups excluding carboxylic acids is 3. The Balaban J connectivity index is 1.64. The molecule has 0 aliphatic carbocycles. The van der Waals surface area contributed by atoms with Gasteiger partial charge in [0.2, 0.25) is 0 Å². The molecule has 0 radical (unpaired) electrons. The Morgan fingerprint density at radius 2 is 2.00 bits per heavy atom. The monoisotopic (exact) mass is 514 g/mol. The molecular formula is C26H31FN4O4S. The minimum absolute atomic E-state index is 0.0157. The molecule has 2 aliphatic heterocycles. The van der Waals surface area contributed by atoms with Crippen molar-refractivity contribution >= 4 is 29.2 Å². The van der Waals surface area contributed by atoms with Gasteiger partial charge < -0.3 is 15.0 Å². The summed E-state index contributed by atoms with van der Waals surface area (Å²) in [5.41, 5.74) is 1.31. The number of nitrogens with zero attached hydrogens (tertiary/aromatic N) is 3. The van der Waals surface area contributed by atoms with Crippen LogP contribution in [-0.2, 0) is 9.53 Å². The SMILES string of the molecule is CCOC(=O)C1=C(CN2CCN(C(=O)c3cccs3)C(C)C2)N(CC)C(=O)NC1c1cccc(F)c1. The van der Waals surface area contributed by atoms with Crippen LogP contribution in [0.25, 0.3) is 0 Å². The lowest BCUT2D eigenvalue weighted by Crippen LogP contribution is -2.56. The highest BCUT2D eigenvalue weighted by Gasteiger charge is 2.39. The molecule has 0 saturated carbocycles. The minimum Gasteiger partial charge on any atom is -0.463 e. The predicted octanol–water partition coefficient (Wildman–Crippen LogP) is 3.64. The van der Waals surface area contributed by atoms with Gasteiger partial charge in [0.25, 0.3) is 5.91 Å². The van der Waals surface area contributed by atoms with Crippen LogP contribution in [0.15, 0.2) is 53.0 Å². The second-order valence-electron chi connectivity index (χ2n) is 8.82. The quantitative estimate of drug-likeness (QED) is 0.571. The van der Waals surface area contributed by atoms with Gasteiger partial charge in [-0.3, -0.25) is 14.6 Å². The van der Waals surface area contributed by atoms with E-state index in [9.17, 15) is 18.8 Å². The van der Waals surface area contributed by atoms with Gasteiger partial charge >= 0.3 is 12.0 Å². The molecule has 192 valence electrons. The number of hydrogen-bond donors (Lipinski definition) is 1. The number of piperazine rings is 1. The van der Waals surface area contributed by atoms with Gasteiger partial charge in [-0.2, -0.15) is 0 Å². The Bertz CT molecular complexity index is 1150. The Hall–Kier alpha value is -3.24. The van der Waals surface area contributed by atoms with Crippen molar-refractivity contribution in [3.63, 3.8) is 0 Å². The van der Waals surface area contributed by atoms with Crippen LogP contribution >= 0.6 is 11.3 Å². The fourth-order valence-electron chi connectivity index (χ4n) is 4.83. The maximum Gasteiger partial charge on any atom is 0.338 e. The molecule has 36 heavy (non-hydrogen) atoms. The fraction of sp³-hybridized carbons (Fsp3) is 0.423. The van der Waals surface area contributed by atoms with Crippen LogP contribution in [0.5, 0.6) is 0 Å². The smallest absolute Gasteiger partial charge is 0.338 e. The Morgan fingerprint density at radius 1 is 1.19 bits per heavy atom. The van der Waals surface area contributed by atoms with Crippen molar-refractivity contribution in [2.45, 2.75) is 32.9 Å². The van der Waals surface area contributed by atoms with Gasteiger partial charge in [0, 0.05) is 44.5 Å². The van der Waals surface area contributed by atoms with Gasteiger partial charge in [-0.05, 0) is 49.9 Å². The molecule has 0 bridgehead atoms. The van der Waals surface area contributed by atoms with E-state index in [0.717, 1.165) is 0 Å². The van der Waals surface area contributed by atoms with Gasteiger partial charge in [-0.25, -0.2) is 14.0 Å². The van der Waals surface area contributed by atoms with Crippen molar-refractivity contribution in [3.8, 4) is 0 Å². The molecule has 0 spiro atoms. The second-order valence-corrected chi connectivity index (χ2v) is 9.77. The van der Waals surface area contributed by atoms with Crippen LogP contribution < -0.4 is 5.32 Å². The van der Waals surface area contributed by atoms with Crippen LogP contribution in [0.1, 0.15) is 42.0 Å². The molecule has 1 aromatic carbocycles. The first-order chi connectivity index (χ1) is 17.3. The topological polar surface area (TPSA) is 82.2 Å². The first kappa shape index (κ1) is 25.8. The van der Waals surface area contributed by atoms with Crippen molar-refractivity contribution in [2.24, 2.45) is 0 Å². The molecule has 3 heterocycles. The predicted molar refractivity (Wildman–Crippen MR) is 135 cm³/mol. The summed E-state index contributed by atoms with van der Waals surface area (Å²) in [5, 5.41) is 4.74. The van der Waals surface area contributed by atoms with Crippen molar-refractivity contribution < 1.29 is 23.5 Å². The van der Waals surface area contributed by atoms with Crippen molar-refractivity contribution in [1.29, 1.82) is 0 Å². The summed E-state index contributed by atoms with van der Waals surface area (Å²) in [6.07, 6.45) is 0. The standard InChI is InChI=1S/C26H31FN4O4S/c1-4-30-20(16-29-11-12-31(17(3)15-29)24(32)21-10-7-13-36-21)22(25(33)35-5-2)23(28-26(30)34)18-8-6-9-19(27)14-18/h6-10,13-14,17,23H,4-5,11-12,15-16H2,1-3H3,(H,28,34). The van der Waals surface area contributed by atoms with E-state index in [-0.39, 0.29) is 24.6 Å². The second kappa shape index (κ2) is 11.2. The summed E-state index contributed by atoms with van der Waals surface area (Å²) in [5.74, 6) is -0.980. The zero-order chi connectivity index (χ0) is 25.8. The van der Waals surface area contributed by atoms with Crippen molar-refractivity contribution in [2.75, 3.05) is 39.3 Å². The molecule has 4 rings (SSSR count). The molecule has 2 aliphatic rings. The van der Waals surface area contributed by atoms with Crippen LogP contribution in [0.3, 0.4) is 0 Å². The molecule has 2 atom stereocenters. The highest BCUT2D eigenvalue weighted by molar-refractivity contribution is 7.12. The van der Waals surface area contributed by atoms with Crippen LogP contribution in [0, 0.1) is 5.82 Å². The fourth-order valence-corrected chi connectivity index (χ4v) is 5.50. The van der Waals surface area contributed by atoms with E-state index in [0.29, 0.717) is 54.4 Å². The number of benzene rings is 1. The molecule has 3 amide bonds. The average molecular weight is 515 g/mol. The number of hydrogen-bond acceptors (Lipinski definition) is 6. The van der Waals surface area contributed by atoms with Gasteiger partial charge in [0.15, 0.2) is 0 Å². The number of urea groups is 1. The van der Waals surface area contributed by atoms with Crippen LogP contribution in [0.4, 0.5) is 9.18 Å². The normalized spacial score (nSPS) is 20.9. The number of esters is 1. The van der Waals surface area contributed by atoms with E-state index in [1.807, 2.05) is 36.3 Å². The number of nitrogens with one attached hydrogen (secondary N) is 1. The maximum atomic E-state index is 14.1. The molecule has 1 N–H and O–H groups in total. The number of ether oxygens (including phenoxy) is 1. The Labute approximate surface area is 214 Å². The first-order valence-corrected chi connectivity index (χ1v) is 13.0. The van der Waals surface area contributed by atoms with Gasteiger partial charge in [-0.1, -0.05) is 18.2 Å². The number of halogens is 1. The number of likely N-dealkylation sites (N-methyl/N-ethyl adjacent to an activating group) is 1. The van der Waals surface area contributed by atoms with E-state index >= 15 is 0 Å². The summed E-state index contributed by atoms with van der Waals surface area (Å²) < 4.78 is 19.4. The number of rotatable bonds is 7. The molecule has 1 aromatic heterocycles. The van der Waals surface area contributed by atoms with Crippen molar-refractivity contribution in [3.05, 3.63) is 69.3 Å². The molecule has 1 saturated heterocycles. The highest BCUT2D eigenvalue weighted by atomic mass is 32.1. The third kappa shape index (κ3) is 5.29. The van der Waals surface area contributed by atoms with E-state index < -0.39 is 17.8 Å². The number of carbonyl (C=O) groups is 3. The molecule has 8 nitrogen and oxygen atoms in total. The summed E-state index contributed by atoms with van der Waals surface area (Å²) in [6, 6.07) is 8.34. The third-order valence-electron chi connectivity index (χ3n) is 6.51. The Morgan fingerprint density at radius 3 is 2.64 bits per heavy atom. The zero-order valence-corrected chi connectivity index (χ0v) is 21.5. The molecule has 2 aromatic rings. The number of amides is 3. The minimum atomic E-state index is -0.829. The average Bonchev–Trinajstić information content (AvgIpc) is 3.39. The lowest BCUT2D eigenvalue weighted by atomic mass is 9.94. The zero-order valence-electron chi connectivity index (χ0n) is 20.7. The lowest BCUT2D eigenvalue weighted by molar-refractivity contribution is -0.139. The molecule has 2 unspecified atom stereocenters. The summed E-state index contributed by atoms with van der Waals surface area (Å²) in [7, 11) is 0.